The number of anilines is 1. The van der Waals surface area contributed by atoms with Gasteiger partial charge in [-0.25, -0.2) is 0 Å². The van der Waals surface area contributed by atoms with Crippen LogP contribution in [0, 0.1) is 0 Å². The average molecular weight is 219 g/mol. The second-order valence-corrected chi connectivity index (χ2v) is 4.29. The first-order valence-corrected chi connectivity index (χ1v) is 6.68. The van der Waals surface area contributed by atoms with Crippen LogP contribution in [0.15, 0.2) is 18.2 Å². The summed E-state index contributed by atoms with van der Waals surface area (Å²) in [5.41, 5.74) is 4.30. The zero-order chi connectivity index (χ0) is 11.8. The molecule has 1 heteroatoms. The zero-order valence-electron chi connectivity index (χ0n) is 11.0. The number of nitrogens with one attached hydrogen (secondary N) is 1. The predicted octanol–water partition coefficient (Wildman–Crippen LogP) is 4.41. The molecule has 0 bridgehead atoms. The lowest BCUT2D eigenvalue weighted by Gasteiger charge is -2.15. The summed E-state index contributed by atoms with van der Waals surface area (Å²) in [6.45, 7) is 7.81. The molecule has 90 valence electrons. The van der Waals surface area contributed by atoms with Crippen LogP contribution >= 0.6 is 0 Å². The highest BCUT2D eigenvalue weighted by Gasteiger charge is 2.04. The molecule has 1 aromatic carbocycles. The third-order valence-electron chi connectivity index (χ3n) is 3.08. The number of para-hydroxylation sites is 1. The monoisotopic (exact) mass is 219 g/mol. The Hall–Kier alpha value is -0.980. The maximum Gasteiger partial charge on any atom is 0.0405 e. The van der Waals surface area contributed by atoms with E-state index in [1.54, 1.807) is 0 Å². The van der Waals surface area contributed by atoms with Crippen molar-refractivity contribution in [1.82, 2.24) is 0 Å². The highest BCUT2D eigenvalue weighted by Crippen LogP contribution is 2.22. The van der Waals surface area contributed by atoms with Crippen molar-refractivity contribution in [2.24, 2.45) is 0 Å². The zero-order valence-corrected chi connectivity index (χ0v) is 11.0. The molecule has 0 saturated heterocycles. The Bertz CT molecular complexity index is 282. The topological polar surface area (TPSA) is 12.0 Å². The van der Waals surface area contributed by atoms with Crippen molar-refractivity contribution in [3.8, 4) is 0 Å². The molecule has 0 fully saturated rings. The minimum absolute atomic E-state index is 1.11. The summed E-state index contributed by atoms with van der Waals surface area (Å²) in [6.07, 6.45) is 6.12. The van der Waals surface area contributed by atoms with E-state index in [-0.39, 0.29) is 0 Å². The minimum Gasteiger partial charge on any atom is -0.385 e. The van der Waals surface area contributed by atoms with Gasteiger partial charge in [0.15, 0.2) is 0 Å². The molecular weight excluding hydrogens is 194 g/mol. The lowest BCUT2D eigenvalue weighted by atomic mass is 10.0. The van der Waals surface area contributed by atoms with E-state index in [1.165, 1.54) is 36.1 Å². The number of benzene rings is 1. The Morgan fingerprint density at radius 1 is 0.938 bits per heavy atom. The highest BCUT2D eigenvalue weighted by atomic mass is 14.9. The van der Waals surface area contributed by atoms with Crippen molar-refractivity contribution < 1.29 is 0 Å². The van der Waals surface area contributed by atoms with Gasteiger partial charge in [-0.1, -0.05) is 51.8 Å². The first kappa shape index (κ1) is 13.1. The molecule has 1 rings (SSSR count). The summed E-state index contributed by atoms with van der Waals surface area (Å²) in [7, 11) is 0. The predicted molar refractivity (Wildman–Crippen MR) is 73.2 cm³/mol. The molecule has 16 heavy (non-hydrogen) atoms. The normalized spacial score (nSPS) is 10.4. The fourth-order valence-corrected chi connectivity index (χ4v) is 2.06. The fourth-order valence-electron chi connectivity index (χ4n) is 2.06. The first-order valence-electron chi connectivity index (χ1n) is 6.68. The van der Waals surface area contributed by atoms with Gasteiger partial charge in [-0.2, -0.15) is 0 Å². The van der Waals surface area contributed by atoms with Gasteiger partial charge in [0.1, 0.15) is 0 Å². The standard InChI is InChI=1S/C15H25N/c1-4-7-8-12-16-15-13(5-2)10-9-11-14(15)6-3/h9-11,16H,4-8,12H2,1-3H3. The van der Waals surface area contributed by atoms with Gasteiger partial charge in [0.2, 0.25) is 0 Å². The van der Waals surface area contributed by atoms with Crippen molar-refractivity contribution in [2.75, 3.05) is 11.9 Å². The molecule has 0 aliphatic carbocycles. The molecule has 0 amide bonds. The molecule has 0 saturated carbocycles. The van der Waals surface area contributed by atoms with Crippen LogP contribution in [0.25, 0.3) is 0 Å². The van der Waals surface area contributed by atoms with Gasteiger partial charge in [-0.3, -0.25) is 0 Å². The van der Waals surface area contributed by atoms with Gasteiger partial charge in [0.25, 0.3) is 0 Å². The molecule has 0 spiro atoms. The highest BCUT2D eigenvalue weighted by molar-refractivity contribution is 5.57. The summed E-state index contributed by atoms with van der Waals surface area (Å²) < 4.78 is 0. The van der Waals surface area contributed by atoms with Crippen LogP contribution in [0.3, 0.4) is 0 Å². The molecule has 0 aliphatic rings. The third-order valence-corrected chi connectivity index (χ3v) is 3.08. The lowest BCUT2D eigenvalue weighted by molar-refractivity contribution is 0.742. The molecule has 1 nitrogen and oxygen atoms in total. The van der Waals surface area contributed by atoms with Crippen molar-refractivity contribution in [3.63, 3.8) is 0 Å². The first-order chi connectivity index (χ1) is 7.83. The number of hydrogen-bond donors (Lipinski definition) is 1. The van der Waals surface area contributed by atoms with Gasteiger partial charge < -0.3 is 5.32 Å². The van der Waals surface area contributed by atoms with E-state index in [4.69, 9.17) is 0 Å². The Labute approximate surface area is 100 Å². The lowest BCUT2D eigenvalue weighted by Crippen LogP contribution is -2.06. The Morgan fingerprint density at radius 3 is 2.06 bits per heavy atom. The van der Waals surface area contributed by atoms with E-state index in [0.29, 0.717) is 0 Å². The fraction of sp³-hybridized carbons (Fsp3) is 0.600. The van der Waals surface area contributed by atoms with E-state index in [2.05, 4.69) is 44.3 Å². The van der Waals surface area contributed by atoms with Crippen molar-refractivity contribution in [2.45, 2.75) is 52.9 Å². The van der Waals surface area contributed by atoms with Gasteiger partial charge in [-0.05, 0) is 30.4 Å². The molecule has 0 aliphatic heterocycles. The minimum atomic E-state index is 1.11. The summed E-state index contributed by atoms with van der Waals surface area (Å²) in [4.78, 5) is 0. The molecule has 1 N–H and O–H groups in total. The van der Waals surface area contributed by atoms with E-state index in [1.807, 2.05) is 0 Å². The van der Waals surface area contributed by atoms with Crippen LogP contribution in [-0.2, 0) is 12.8 Å². The molecule has 0 unspecified atom stereocenters. The maximum atomic E-state index is 3.62. The SMILES string of the molecule is CCCCCNc1c(CC)cccc1CC. The second kappa shape index (κ2) is 7.32. The van der Waals surface area contributed by atoms with E-state index in [0.717, 1.165) is 19.4 Å². The van der Waals surface area contributed by atoms with E-state index < -0.39 is 0 Å². The summed E-state index contributed by atoms with van der Waals surface area (Å²) in [6, 6.07) is 6.65. The Balaban J connectivity index is 2.67. The van der Waals surface area contributed by atoms with Crippen LogP contribution in [0.5, 0.6) is 0 Å². The Kier molecular flexibility index (Phi) is 5.99. The molecule has 0 heterocycles. The van der Waals surface area contributed by atoms with Gasteiger partial charge >= 0.3 is 0 Å². The largest absolute Gasteiger partial charge is 0.385 e. The number of aryl methyl sites for hydroxylation is 2. The quantitative estimate of drug-likeness (QED) is 0.670. The second-order valence-electron chi connectivity index (χ2n) is 4.29. The summed E-state index contributed by atoms with van der Waals surface area (Å²) in [5.74, 6) is 0. The molecule has 0 atom stereocenters. The maximum absolute atomic E-state index is 3.62. The van der Waals surface area contributed by atoms with Crippen molar-refractivity contribution >= 4 is 5.69 Å². The van der Waals surface area contributed by atoms with Gasteiger partial charge in [0, 0.05) is 12.2 Å². The van der Waals surface area contributed by atoms with Crippen LogP contribution in [-0.4, -0.2) is 6.54 Å². The van der Waals surface area contributed by atoms with Crippen molar-refractivity contribution in [1.29, 1.82) is 0 Å². The Morgan fingerprint density at radius 2 is 1.56 bits per heavy atom. The van der Waals surface area contributed by atoms with Gasteiger partial charge in [0.05, 0.1) is 0 Å². The average Bonchev–Trinajstić information content (AvgIpc) is 2.34. The van der Waals surface area contributed by atoms with Gasteiger partial charge in [-0.15, -0.1) is 0 Å². The van der Waals surface area contributed by atoms with Crippen LogP contribution in [0.2, 0.25) is 0 Å². The smallest absolute Gasteiger partial charge is 0.0405 e. The third kappa shape index (κ3) is 3.55. The number of rotatable bonds is 7. The number of hydrogen-bond acceptors (Lipinski definition) is 1. The summed E-state index contributed by atoms with van der Waals surface area (Å²) >= 11 is 0. The van der Waals surface area contributed by atoms with Crippen LogP contribution in [0.4, 0.5) is 5.69 Å². The molecule has 0 aromatic heterocycles. The molecule has 0 radical (unpaired) electrons. The van der Waals surface area contributed by atoms with Crippen LogP contribution in [0.1, 0.15) is 51.2 Å². The van der Waals surface area contributed by atoms with E-state index >= 15 is 0 Å². The van der Waals surface area contributed by atoms with Crippen molar-refractivity contribution in [3.05, 3.63) is 29.3 Å². The van der Waals surface area contributed by atoms with E-state index in [9.17, 15) is 0 Å². The molecule has 1 aromatic rings. The molecular formula is C15H25N. The summed E-state index contributed by atoms with van der Waals surface area (Å²) in [5, 5.41) is 3.62. The van der Waals surface area contributed by atoms with Crippen LogP contribution < -0.4 is 5.32 Å². The number of unbranched alkanes of at least 4 members (excludes halogenated alkanes) is 2.